The van der Waals surface area contributed by atoms with Gasteiger partial charge in [-0.15, -0.1) is 0 Å². The van der Waals surface area contributed by atoms with Crippen molar-refractivity contribution in [3.05, 3.63) is 71.9 Å². The van der Waals surface area contributed by atoms with Crippen molar-refractivity contribution >= 4 is 5.78 Å². The molecule has 2 aromatic carbocycles. The summed E-state index contributed by atoms with van der Waals surface area (Å²) in [6.45, 7) is 2.42. The molecule has 1 aromatic heterocycles. The molecule has 0 saturated heterocycles. The zero-order valence-electron chi connectivity index (χ0n) is 13.7. The molecule has 0 unspecified atom stereocenters. The average molecular weight is 320 g/mol. The topological polar surface area (TPSA) is 55.0 Å². The standard InChI is InChI=1S/C20H20N2O2/c1-2-6-19(23)15-9-11-18(12-10-15)24-14-17-13-21-22-20(17)16-7-4-3-5-8-16/h3-5,7-13H,2,6,14H2,1H3,(H,21,22). The van der Waals surface area contributed by atoms with E-state index in [0.717, 1.165) is 34.6 Å². The second-order valence-corrected chi connectivity index (χ2v) is 5.61. The lowest BCUT2D eigenvalue weighted by molar-refractivity contribution is 0.0981. The van der Waals surface area contributed by atoms with Crippen molar-refractivity contribution in [3.8, 4) is 17.0 Å². The van der Waals surface area contributed by atoms with Crippen LogP contribution < -0.4 is 4.74 Å². The molecule has 0 aliphatic carbocycles. The lowest BCUT2D eigenvalue weighted by atomic mass is 10.1. The van der Waals surface area contributed by atoms with Gasteiger partial charge in [0, 0.05) is 29.3 Å². The third-order valence-electron chi connectivity index (χ3n) is 3.81. The van der Waals surface area contributed by atoms with Crippen LogP contribution in [0.1, 0.15) is 35.7 Å². The number of aromatic amines is 1. The van der Waals surface area contributed by atoms with Crippen LogP contribution in [0.15, 0.2) is 60.8 Å². The van der Waals surface area contributed by atoms with Crippen molar-refractivity contribution in [1.29, 1.82) is 0 Å². The Balaban J connectivity index is 1.67. The van der Waals surface area contributed by atoms with Gasteiger partial charge in [0.1, 0.15) is 12.4 Å². The molecule has 3 aromatic rings. The summed E-state index contributed by atoms with van der Waals surface area (Å²) < 4.78 is 5.84. The number of hydrogen-bond acceptors (Lipinski definition) is 3. The molecule has 122 valence electrons. The molecular weight excluding hydrogens is 300 g/mol. The summed E-state index contributed by atoms with van der Waals surface area (Å²) in [7, 11) is 0. The minimum Gasteiger partial charge on any atom is -0.489 e. The molecule has 3 rings (SSSR count). The van der Waals surface area contributed by atoms with E-state index < -0.39 is 0 Å². The molecule has 0 amide bonds. The molecule has 0 fully saturated rings. The zero-order valence-corrected chi connectivity index (χ0v) is 13.7. The molecule has 0 spiro atoms. The summed E-state index contributed by atoms with van der Waals surface area (Å²) in [5.74, 6) is 0.911. The lowest BCUT2D eigenvalue weighted by Gasteiger charge is -2.07. The molecule has 1 heterocycles. The highest BCUT2D eigenvalue weighted by Gasteiger charge is 2.09. The predicted molar refractivity (Wildman–Crippen MR) is 94.0 cm³/mol. The number of benzene rings is 2. The monoisotopic (exact) mass is 320 g/mol. The van der Waals surface area contributed by atoms with Crippen LogP contribution in [-0.2, 0) is 6.61 Å². The summed E-state index contributed by atoms with van der Waals surface area (Å²) in [5.41, 5.74) is 3.67. The Kier molecular flexibility index (Phi) is 5.06. The van der Waals surface area contributed by atoms with Gasteiger partial charge in [-0.1, -0.05) is 37.3 Å². The quantitative estimate of drug-likeness (QED) is 0.645. The molecule has 0 radical (unpaired) electrons. The van der Waals surface area contributed by atoms with Crippen LogP contribution >= 0.6 is 0 Å². The van der Waals surface area contributed by atoms with E-state index in [1.54, 1.807) is 0 Å². The number of hydrogen-bond donors (Lipinski definition) is 1. The first-order valence-electron chi connectivity index (χ1n) is 8.12. The highest BCUT2D eigenvalue weighted by Crippen LogP contribution is 2.22. The molecule has 0 aliphatic rings. The fourth-order valence-corrected chi connectivity index (χ4v) is 2.54. The molecule has 1 N–H and O–H groups in total. The van der Waals surface area contributed by atoms with Gasteiger partial charge < -0.3 is 4.74 Å². The van der Waals surface area contributed by atoms with Gasteiger partial charge in [0.05, 0.1) is 5.69 Å². The van der Waals surface area contributed by atoms with E-state index in [-0.39, 0.29) is 5.78 Å². The number of H-pyrrole nitrogens is 1. The van der Waals surface area contributed by atoms with Gasteiger partial charge in [-0.05, 0) is 30.7 Å². The predicted octanol–water partition coefficient (Wildman–Crippen LogP) is 4.64. The maximum atomic E-state index is 11.8. The summed E-state index contributed by atoms with van der Waals surface area (Å²) in [6, 6.07) is 17.3. The van der Waals surface area contributed by atoms with E-state index in [1.807, 2.05) is 67.7 Å². The van der Waals surface area contributed by atoms with Crippen LogP contribution in [0.3, 0.4) is 0 Å². The van der Waals surface area contributed by atoms with Gasteiger partial charge in [-0.3, -0.25) is 9.89 Å². The average Bonchev–Trinajstić information content (AvgIpc) is 3.10. The van der Waals surface area contributed by atoms with E-state index >= 15 is 0 Å². The maximum Gasteiger partial charge on any atom is 0.162 e. The number of carbonyl (C=O) groups excluding carboxylic acids is 1. The van der Waals surface area contributed by atoms with Gasteiger partial charge in [0.25, 0.3) is 0 Å². The van der Waals surface area contributed by atoms with Crippen LogP contribution in [0, 0.1) is 0 Å². The summed E-state index contributed by atoms with van der Waals surface area (Å²) in [6.07, 6.45) is 3.29. The molecule has 4 nitrogen and oxygen atoms in total. The number of ketones is 1. The van der Waals surface area contributed by atoms with Gasteiger partial charge >= 0.3 is 0 Å². The normalized spacial score (nSPS) is 10.5. The largest absolute Gasteiger partial charge is 0.489 e. The maximum absolute atomic E-state index is 11.8. The third kappa shape index (κ3) is 3.71. The van der Waals surface area contributed by atoms with Crippen LogP contribution in [-0.4, -0.2) is 16.0 Å². The highest BCUT2D eigenvalue weighted by atomic mass is 16.5. The number of carbonyl (C=O) groups is 1. The molecule has 0 aliphatic heterocycles. The third-order valence-corrected chi connectivity index (χ3v) is 3.81. The SMILES string of the molecule is CCCC(=O)c1ccc(OCc2c[nH]nc2-c2ccccc2)cc1. The molecule has 0 atom stereocenters. The second-order valence-electron chi connectivity index (χ2n) is 5.61. The number of nitrogens with zero attached hydrogens (tertiary/aromatic N) is 1. The second kappa shape index (κ2) is 7.59. The number of ether oxygens (including phenoxy) is 1. The highest BCUT2D eigenvalue weighted by molar-refractivity contribution is 5.96. The van der Waals surface area contributed by atoms with Crippen LogP contribution in [0.25, 0.3) is 11.3 Å². The van der Waals surface area contributed by atoms with Gasteiger partial charge in [-0.2, -0.15) is 5.10 Å². The van der Waals surface area contributed by atoms with Crippen molar-refractivity contribution < 1.29 is 9.53 Å². The van der Waals surface area contributed by atoms with E-state index in [0.29, 0.717) is 13.0 Å². The first-order valence-corrected chi connectivity index (χ1v) is 8.12. The lowest BCUT2D eigenvalue weighted by Crippen LogP contribution is -1.99. The molecule has 4 heteroatoms. The van der Waals surface area contributed by atoms with Crippen molar-refractivity contribution in [2.75, 3.05) is 0 Å². The fraction of sp³-hybridized carbons (Fsp3) is 0.200. The number of Topliss-reactive ketones (excluding diaryl/α,β-unsaturated/α-hetero) is 1. The van der Waals surface area contributed by atoms with Crippen molar-refractivity contribution in [2.45, 2.75) is 26.4 Å². The molecule has 0 bridgehead atoms. The van der Waals surface area contributed by atoms with Gasteiger partial charge in [0.15, 0.2) is 5.78 Å². The van der Waals surface area contributed by atoms with Crippen LogP contribution in [0.5, 0.6) is 5.75 Å². The van der Waals surface area contributed by atoms with Gasteiger partial charge in [0.2, 0.25) is 0 Å². The van der Waals surface area contributed by atoms with Crippen molar-refractivity contribution in [1.82, 2.24) is 10.2 Å². The number of rotatable bonds is 7. The summed E-state index contributed by atoms with van der Waals surface area (Å²) in [4.78, 5) is 11.8. The Hall–Kier alpha value is -2.88. The van der Waals surface area contributed by atoms with Crippen LogP contribution in [0.2, 0.25) is 0 Å². The first kappa shape index (κ1) is 16.0. The fourth-order valence-electron chi connectivity index (χ4n) is 2.54. The van der Waals surface area contributed by atoms with Crippen molar-refractivity contribution in [2.24, 2.45) is 0 Å². The minimum atomic E-state index is 0.172. The Bertz CT molecular complexity index is 792. The Morgan fingerprint density at radius 1 is 1.08 bits per heavy atom. The van der Waals surface area contributed by atoms with Gasteiger partial charge in [-0.25, -0.2) is 0 Å². The molecule has 0 saturated carbocycles. The Morgan fingerprint density at radius 2 is 1.83 bits per heavy atom. The van der Waals surface area contributed by atoms with E-state index in [2.05, 4.69) is 10.2 Å². The number of nitrogens with one attached hydrogen (secondary N) is 1. The first-order chi connectivity index (χ1) is 11.8. The van der Waals surface area contributed by atoms with E-state index in [9.17, 15) is 4.79 Å². The smallest absolute Gasteiger partial charge is 0.162 e. The summed E-state index contributed by atoms with van der Waals surface area (Å²) >= 11 is 0. The molecular formula is C20H20N2O2. The minimum absolute atomic E-state index is 0.172. The zero-order chi connectivity index (χ0) is 16.8. The summed E-state index contributed by atoms with van der Waals surface area (Å²) in [5, 5.41) is 7.20. The van der Waals surface area contributed by atoms with Crippen LogP contribution in [0.4, 0.5) is 0 Å². The van der Waals surface area contributed by atoms with E-state index in [4.69, 9.17) is 4.74 Å². The van der Waals surface area contributed by atoms with Crippen molar-refractivity contribution in [3.63, 3.8) is 0 Å². The van der Waals surface area contributed by atoms with E-state index in [1.165, 1.54) is 0 Å². The molecule has 24 heavy (non-hydrogen) atoms. The Labute approximate surface area is 141 Å². The number of aromatic nitrogens is 2. The Morgan fingerprint density at radius 3 is 2.54 bits per heavy atom.